The predicted molar refractivity (Wildman–Crippen MR) is 113 cm³/mol. The molecule has 0 saturated heterocycles. The molecule has 3 rings (SSSR count). The van der Waals surface area contributed by atoms with Crippen LogP contribution in [0.3, 0.4) is 0 Å². The van der Waals surface area contributed by atoms with Crippen molar-refractivity contribution in [1.29, 1.82) is 0 Å². The Balaban J connectivity index is 2.22. The second-order valence-corrected chi connectivity index (χ2v) is 8.35. The number of anilines is 1. The summed E-state index contributed by atoms with van der Waals surface area (Å²) in [6, 6.07) is 12.5. The van der Waals surface area contributed by atoms with E-state index in [1.807, 2.05) is 6.92 Å². The lowest BCUT2D eigenvalue weighted by Crippen LogP contribution is -2.36. The smallest absolute Gasteiger partial charge is 0.319 e. The highest BCUT2D eigenvalue weighted by Crippen LogP contribution is 2.36. The summed E-state index contributed by atoms with van der Waals surface area (Å²) >= 11 is 6.22. The molecule has 0 aliphatic rings. The summed E-state index contributed by atoms with van der Waals surface area (Å²) in [7, 11) is -4.21. The molecule has 0 radical (unpaired) electrons. The number of hydrogen-bond donors (Lipinski definition) is 2. The van der Waals surface area contributed by atoms with Gasteiger partial charge in [0.05, 0.1) is 12.2 Å². The van der Waals surface area contributed by atoms with E-state index in [9.17, 15) is 13.2 Å². The van der Waals surface area contributed by atoms with Crippen LogP contribution in [0.5, 0.6) is 0 Å². The Hall–Kier alpha value is -2.94. The number of aromatic nitrogens is 1. The van der Waals surface area contributed by atoms with Crippen molar-refractivity contribution in [3.8, 4) is 11.1 Å². The van der Waals surface area contributed by atoms with E-state index >= 15 is 0 Å². The van der Waals surface area contributed by atoms with Crippen LogP contribution in [0.4, 0.5) is 10.5 Å². The van der Waals surface area contributed by atoms with Crippen molar-refractivity contribution in [3.63, 3.8) is 0 Å². The van der Waals surface area contributed by atoms with Crippen LogP contribution in [-0.4, -0.2) is 19.4 Å². The fourth-order valence-corrected chi connectivity index (χ4v) is 4.12. The van der Waals surface area contributed by atoms with E-state index in [2.05, 4.69) is 4.98 Å². The van der Waals surface area contributed by atoms with Crippen molar-refractivity contribution in [2.45, 2.75) is 18.4 Å². The van der Waals surface area contributed by atoms with Gasteiger partial charge in [-0.05, 0) is 41.8 Å². The number of halogens is 1. The Labute approximate surface area is 174 Å². The molecular formula is C20H19ClN4O3S. The molecule has 150 valence electrons. The first-order valence-corrected chi connectivity index (χ1v) is 10.5. The van der Waals surface area contributed by atoms with E-state index in [1.165, 1.54) is 6.07 Å². The molecular weight excluding hydrogens is 412 g/mol. The number of hydrogen-bond acceptors (Lipinski definition) is 4. The molecule has 0 aliphatic carbocycles. The number of benzene rings is 2. The maximum Gasteiger partial charge on any atom is 0.319 e. The summed E-state index contributed by atoms with van der Waals surface area (Å²) in [4.78, 5) is 17.2. The molecule has 1 aromatic heterocycles. The number of nitrogens with zero attached hydrogens (tertiary/aromatic N) is 2. The molecule has 9 heteroatoms. The maximum atomic E-state index is 12.5. The van der Waals surface area contributed by atoms with Crippen molar-refractivity contribution < 1.29 is 13.2 Å². The fourth-order valence-electron chi connectivity index (χ4n) is 2.98. The highest BCUT2D eigenvalue weighted by molar-refractivity contribution is 7.89. The van der Waals surface area contributed by atoms with Gasteiger partial charge in [-0.15, -0.1) is 0 Å². The van der Waals surface area contributed by atoms with Crippen molar-refractivity contribution in [3.05, 3.63) is 77.1 Å². The zero-order valence-electron chi connectivity index (χ0n) is 15.5. The number of nitrogens with two attached hydrogens (primary N) is 2. The van der Waals surface area contributed by atoms with Crippen LogP contribution >= 0.6 is 11.6 Å². The van der Waals surface area contributed by atoms with Crippen LogP contribution < -0.4 is 15.8 Å². The van der Waals surface area contributed by atoms with Crippen LogP contribution in [0, 0.1) is 6.92 Å². The number of sulfonamides is 1. The Morgan fingerprint density at radius 3 is 2.52 bits per heavy atom. The topological polar surface area (TPSA) is 119 Å². The van der Waals surface area contributed by atoms with Gasteiger partial charge in [-0.25, -0.2) is 18.4 Å². The van der Waals surface area contributed by atoms with Gasteiger partial charge < -0.3 is 5.73 Å². The third-order valence-corrected chi connectivity index (χ3v) is 5.79. The molecule has 4 N–H and O–H groups in total. The molecule has 29 heavy (non-hydrogen) atoms. The normalized spacial score (nSPS) is 11.3. The SMILES string of the molecule is Cc1ccc(-c2cccc(N(Cc3cccnc3)C(N)=O)c2S(N)(=O)=O)cc1Cl. The molecule has 7 nitrogen and oxygen atoms in total. The third-order valence-electron chi connectivity index (χ3n) is 4.38. The lowest BCUT2D eigenvalue weighted by molar-refractivity contribution is 0.253. The minimum absolute atomic E-state index is 0.0315. The van der Waals surface area contributed by atoms with Crippen molar-refractivity contribution >= 4 is 33.3 Å². The molecule has 3 aromatic rings. The third kappa shape index (κ3) is 4.56. The van der Waals surface area contributed by atoms with Crippen LogP contribution in [0.2, 0.25) is 5.02 Å². The van der Waals surface area contributed by atoms with Crippen LogP contribution in [-0.2, 0) is 16.6 Å². The van der Waals surface area contributed by atoms with Gasteiger partial charge in [0.1, 0.15) is 4.90 Å². The standard InChI is InChI=1S/C20H19ClN4O3S/c1-13-7-8-15(10-17(13)21)16-5-2-6-18(19(16)29(23,27)28)25(20(22)26)12-14-4-3-9-24-11-14/h2-11H,12H2,1H3,(H2,22,26)(H2,23,27,28). The van der Waals surface area contributed by atoms with Crippen molar-refractivity contribution in [2.75, 3.05) is 4.90 Å². The Kier molecular flexibility index (Phi) is 5.88. The van der Waals surface area contributed by atoms with Gasteiger partial charge in [0.15, 0.2) is 0 Å². The zero-order chi connectivity index (χ0) is 21.2. The number of amides is 2. The summed E-state index contributed by atoms with van der Waals surface area (Å²) in [5.41, 5.74) is 8.05. The Bertz CT molecular complexity index is 1170. The first-order chi connectivity index (χ1) is 13.7. The van der Waals surface area contributed by atoms with Gasteiger partial charge in [0.25, 0.3) is 0 Å². The summed E-state index contributed by atoms with van der Waals surface area (Å²) in [5.74, 6) is 0. The molecule has 0 bridgehead atoms. The highest BCUT2D eigenvalue weighted by atomic mass is 35.5. The lowest BCUT2D eigenvalue weighted by atomic mass is 10.0. The largest absolute Gasteiger partial charge is 0.351 e. The number of aryl methyl sites for hydroxylation is 1. The van der Waals surface area contributed by atoms with Crippen LogP contribution in [0.1, 0.15) is 11.1 Å². The molecule has 0 spiro atoms. The zero-order valence-corrected chi connectivity index (χ0v) is 17.1. The molecule has 0 fully saturated rings. The molecule has 0 aliphatic heterocycles. The second-order valence-electron chi connectivity index (χ2n) is 6.45. The molecule has 2 amide bonds. The van der Waals surface area contributed by atoms with Gasteiger partial charge in [-0.3, -0.25) is 9.88 Å². The minimum atomic E-state index is -4.21. The van der Waals surface area contributed by atoms with E-state index in [4.69, 9.17) is 22.5 Å². The number of primary sulfonamides is 1. The quantitative estimate of drug-likeness (QED) is 0.644. The number of pyridine rings is 1. The number of urea groups is 1. The lowest BCUT2D eigenvalue weighted by Gasteiger charge is -2.24. The van der Waals surface area contributed by atoms with Crippen LogP contribution in [0.15, 0.2) is 65.8 Å². The minimum Gasteiger partial charge on any atom is -0.351 e. The molecule has 2 aromatic carbocycles. The monoisotopic (exact) mass is 430 g/mol. The number of rotatable bonds is 5. The second kappa shape index (κ2) is 8.20. The maximum absolute atomic E-state index is 12.5. The molecule has 0 atom stereocenters. The van der Waals surface area contributed by atoms with E-state index in [0.717, 1.165) is 10.5 Å². The highest BCUT2D eigenvalue weighted by Gasteiger charge is 2.26. The number of primary amides is 1. The average Bonchev–Trinajstić information content (AvgIpc) is 2.67. The Morgan fingerprint density at radius 1 is 1.17 bits per heavy atom. The molecule has 0 saturated carbocycles. The fraction of sp³-hybridized carbons (Fsp3) is 0.100. The summed E-state index contributed by atoms with van der Waals surface area (Å²) < 4.78 is 25.1. The van der Waals surface area contributed by atoms with Gasteiger partial charge >= 0.3 is 6.03 Å². The number of carbonyl (C=O) groups excluding carboxylic acids is 1. The van der Waals surface area contributed by atoms with Gasteiger partial charge in [-0.1, -0.05) is 41.9 Å². The first-order valence-electron chi connectivity index (χ1n) is 8.56. The number of carbonyl (C=O) groups is 1. The van der Waals surface area contributed by atoms with Gasteiger partial charge in [0, 0.05) is 23.0 Å². The predicted octanol–water partition coefficient (Wildman–Crippen LogP) is 3.44. The van der Waals surface area contributed by atoms with E-state index in [-0.39, 0.29) is 17.1 Å². The summed E-state index contributed by atoms with van der Waals surface area (Å²) in [6.45, 7) is 1.87. The van der Waals surface area contributed by atoms with Gasteiger partial charge in [0.2, 0.25) is 10.0 Å². The van der Waals surface area contributed by atoms with Gasteiger partial charge in [-0.2, -0.15) is 0 Å². The first kappa shape index (κ1) is 20.8. The molecule has 0 unspecified atom stereocenters. The van der Waals surface area contributed by atoms with Crippen LogP contribution in [0.25, 0.3) is 11.1 Å². The summed E-state index contributed by atoms with van der Waals surface area (Å²) in [5, 5.41) is 6.02. The van der Waals surface area contributed by atoms with E-state index in [0.29, 0.717) is 21.7 Å². The van der Waals surface area contributed by atoms with Crippen molar-refractivity contribution in [2.24, 2.45) is 10.9 Å². The average molecular weight is 431 g/mol. The van der Waals surface area contributed by atoms with E-state index in [1.54, 1.807) is 54.9 Å². The van der Waals surface area contributed by atoms with E-state index < -0.39 is 16.1 Å². The molecule has 1 heterocycles. The van der Waals surface area contributed by atoms with Crippen molar-refractivity contribution in [1.82, 2.24) is 4.98 Å². The summed E-state index contributed by atoms with van der Waals surface area (Å²) in [6.07, 6.45) is 3.16. The Morgan fingerprint density at radius 2 is 1.93 bits per heavy atom.